The van der Waals surface area contributed by atoms with E-state index in [1.165, 1.54) is 11.8 Å². The van der Waals surface area contributed by atoms with E-state index in [1.807, 2.05) is 66.7 Å². The Labute approximate surface area is 245 Å². The SMILES string of the molecule is O=C(CSc1nnc(-c2ccccc2)c(-c2ccccc2)n1)Nc1ccc(-c2cc(C(=O)O)c3ccccc3n2)cc1. The first-order chi connectivity index (χ1) is 20.5. The van der Waals surface area contributed by atoms with Crippen LogP contribution in [0.5, 0.6) is 0 Å². The summed E-state index contributed by atoms with van der Waals surface area (Å²) in [5.41, 5.74) is 5.86. The first kappa shape index (κ1) is 26.8. The minimum atomic E-state index is -1.01. The Bertz CT molecular complexity index is 1900. The van der Waals surface area contributed by atoms with Crippen LogP contribution in [-0.4, -0.2) is 42.9 Å². The number of nitrogens with one attached hydrogen (secondary N) is 1. The number of benzene rings is 4. The molecule has 2 N–H and O–H groups in total. The number of anilines is 1. The van der Waals surface area contributed by atoms with Crippen LogP contribution in [0.25, 0.3) is 44.7 Å². The Morgan fingerprint density at radius 1 is 0.690 bits per heavy atom. The van der Waals surface area contributed by atoms with Crippen LogP contribution >= 0.6 is 11.8 Å². The fraction of sp³-hybridized carbons (Fsp3) is 0.0303. The zero-order chi connectivity index (χ0) is 28.9. The maximum Gasteiger partial charge on any atom is 0.336 e. The smallest absolute Gasteiger partial charge is 0.336 e. The summed E-state index contributed by atoms with van der Waals surface area (Å²) in [7, 11) is 0. The van der Waals surface area contributed by atoms with Crippen molar-refractivity contribution >= 4 is 40.2 Å². The molecule has 9 heteroatoms. The maximum absolute atomic E-state index is 12.8. The van der Waals surface area contributed by atoms with E-state index in [4.69, 9.17) is 4.98 Å². The summed E-state index contributed by atoms with van der Waals surface area (Å²) in [5, 5.41) is 22.3. The molecule has 0 saturated carbocycles. The number of carboxylic acids is 1. The lowest BCUT2D eigenvalue weighted by atomic mass is 10.0. The number of nitrogens with zero attached hydrogens (tertiary/aromatic N) is 4. The molecular weight excluding hydrogens is 546 g/mol. The summed E-state index contributed by atoms with van der Waals surface area (Å²) >= 11 is 1.20. The lowest BCUT2D eigenvalue weighted by molar-refractivity contribution is -0.113. The van der Waals surface area contributed by atoms with Gasteiger partial charge >= 0.3 is 5.97 Å². The molecule has 2 heterocycles. The highest BCUT2D eigenvalue weighted by Gasteiger charge is 2.16. The minimum absolute atomic E-state index is 0.0938. The van der Waals surface area contributed by atoms with E-state index in [2.05, 4.69) is 20.5 Å². The second-order valence-electron chi connectivity index (χ2n) is 9.32. The number of aromatic carboxylic acids is 1. The Kier molecular flexibility index (Phi) is 7.65. The number of pyridine rings is 1. The van der Waals surface area contributed by atoms with Crippen LogP contribution in [0, 0.1) is 0 Å². The first-order valence-electron chi connectivity index (χ1n) is 13.1. The van der Waals surface area contributed by atoms with Gasteiger partial charge in [-0.3, -0.25) is 4.79 Å². The predicted octanol–water partition coefficient (Wildman–Crippen LogP) is 6.85. The molecule has 1 amide bonds. The zero-order valence-corrected chi connectivity index (χ0v) is 23.0. The van der Waals surface area contributed by atoms with E-state index in [-0.39, 0.29) is 17.2 Å². The molecule has 0 radical (unpaired) electrons. The number of rotatable bonds is 8. The van der Waals surface area contributed by atoms with Crippen molar-refractivity contribution in [3.05, 3.63) is 121 Å². The van der Waals surface area contributed by atoms with Crippen LogP contribution in [0.4, 0.5) is 5.69 Å². The first-order valence-corrected chi connectivity index (χ1v) is 14.1. The van der Waals surface area contributed by atoms with E-state index in [9.17, 15) is 14.7 Å². The van der Waals surface area contributed by atoms with Crippen molar-refractivity contribution in [2.75, 3.05) is 11.1 Å². The van der Waals surface area contributed by atoms with Crippen molar-refractivity contribution in [2.45, 2.75) is 5.16 Å². The number of amides is 1. The Morgan fingerprint density at radius 2 is 1.33 bits per heavy atom. The normalized spacial score (nSPS) is 10.9. The van der Waals surface area contributed by atoms with E-state index in [0.29, 0.717) is 38.8 Å². The lowest BCUT2D eigenvalue weighted by Gasteiger charge is -2.10. The predicted molar refractivity (Wildman–Crippen MR) is 164 cm³/mol. The van der Waals surface area contributed by atoms with Gasteiger partial charge in [0.1, 0.15) is 11.4 Å². The standard InChI is InChI=1S/C33H23N5O3S/c39-29(20-42-33-36-30(22-9-3-1-4-10-22)31(37-38-33)23-11-5-2-6-12-23)34-24-17-15-21(16-18-24)28-19-26(32(40)41)25-13-7-8-14-27(25)35-28/h1-19H,20H2,(H,34,39)(H,40,41). The van der Waals surface area contributed by atoms with E-state index in [1.54, 1.807) is 48.5 Å². The molecule has 8 nitrogen and oxygen atoms in total. The molecule has 0 aliphatic heterocycles. The van der Waals surface area contributed by atoms with Gasteiger partial charge in [-0.2, -0.15) is 0 Å². The number of para-hydroxylation sites is 1. The van der Waals surface area contributed by atoms with Crippen molar-refractivity contribution in [3.8, 4) is 33.8 Å². The van der Waals surface area contributed by atoms with Gasteiger partial charge < -0.3 is 10.4 Å². The van der Waals surface area contributed by atoms with Crippen molar-refractivity contribution in [3.63, 3.8) is 0 Å². The fourth-order valence-electron chi connectivity index (χ4n) is 4.51. The van der Waals surface area contributed by atoms with Crippen LogP contribution in [0.1, 0.15) is 10.4 Å². The number of carbonyl (C=O) groups is 2. The highest BCUT2D eigenvalue weighted by Crippen LogP contribution is 2.30. The third kappa shape index (κ3) is 5.86. The summed E-state index contributed by atoms with van der Waals surface area (Å²) in [6, 6.07) is 35.3. The van der Waals surface area contributed by atoms with Crippen molar-refractivity contribution in [2.24, 2.45) is 0 Å². The molecule has 0 aliphatic rings. The van der Waals surface area contributed by atoms with Crippen molar-refractivity contribution in [1.82, 2.24) is 20.2 Å². The summed E-state index contributed by atoms with van der Waals surface area (Å²) in [4.78, 5) is 34.0. The summed E-state index contributed by atoms with van der Waals surface area (Å²) in [6.45, 7) is 0. The molecule has 0 spiro atoms. The Hall–Kier alpha value is -5.41. The number of aromatic nitrogens is 4. The monoisotopic (exact) mass is 569 g/mol. The second-order valence-corrected chi connectivity index (χ2v) is 10.3. The molecular formula is C33H23N5O3S. The number of carbonyl (C=O) groups excluding carboxylic acids is 1. The third-order valence-electron chi connectivity index (χ3n) is 6.51. The van der Waals surface area contributed by atoms with Crippen molar-refractivity contribution in [1.29, 1.82) is 0 Å². The number of hydrogen-bond donors (Lipinski definition) is 2. The number of fused-ring (bicyclic) bond motifs is 1. The van der Waals surface area contributed by atoms with Gasteiger partial charge in [0, 0.05) is 27.8 Å². The maximum atomic E-state index is 12.8. The molecule has 6 rings (SSSR count). The number of carboxylic acid groups (broad SMARTS) is 1. The van der Waals surface area contributed by atoms with Crippen LogP contribution in [0.3, 0.4) is 0 Å². The van der Waals surface area contributed by atoms with Gasteiger partial charge in [0.2, 0.25) is 11.1 Å². The van der Waals surface area contributed by atoms with Crippen LogP contribution in [-0.2, 0) is 4.79 Å². The van der Waals surface area contributed by atoms with Crippen LogP contribution in [0.15, 0.2) is 120 Å². The highest BCUT2D eigenvalue weighted by atomic mass is 32.2. The largest absolute Gasteiger partial charge is 0.478 e. The van der Waals surface area contributed by atoms with Crippen molar-refractivity contribution < 1.29 is 14.7 Å². The van der Waals surface area contributed by atoms with Gasteiger partial charge in [-0.1, -0.05) is 103 Å². The molecule has 0 saturated heterocycles. The molecule has 0 fully saturated rings. The molecule has 42 heavy (non-hydrogen) atoms. The topological polar surface area (TPSA) is 118 Å². The van der Waals surface area contributed by atoms with Gasteiger partial charge in [0.05, 0.1) is 22.5 Å². The molecule has 0 atom stereocenters. The van der Waals surface area contributed by atoms with Crippen LogP contribution < -0.4 is 5.32 Å². The Balaban J connectivity index is 1.16. The third-order valence-corrected chi connectivity index (χ3v) is 7.34. The average molecular weight is 570 g/mol. The second kappa shape index (κ2) is 12.0. The molecule has 0 bridgehead atoms. The molecule has 204 valence electrons. The summed E-state index contributed by atoms with van der Waals surface area (Å²) in [5.74, 6) is -1.14. The van der Waals surface area contributed by atoms with E-state index >= 15 is 0 Å². The number of thioether (sulfide) groups is 1. The quantitative estimate of drug-likeness (QED) is 0.191. The molecule has 2 aromatic heterocycles. The molecule has 0 aliphatic carbocycles. The molecule has 0 unspecified atom stereocenters. The number of hydrogen-bond acceptors (Lipinski definition) is 7. The summed E-state index contributed by atoms with van der Waals surface area (Å²) in [6.07, 6.45) is 0. The minimum Gasteiger partial charge on any atom is -0.478 e. The highest BCUT2D eigenvalue weighted by molar-refractivity contribution is 7.99. The molecule has 6 aromatic rings. The van der Waals surface area contributed by atoms with Gasteiger partial charge in [-0.25, -0.2) is 14.8 Å². The van der Waals surface area contributed by atoms with Gasteiger partial charge in [-0.15, -0.1) is 10.2 Å². The zero-order valence-electron chi connectivity index (χ0n) is 22.1. The average Bonchev–Trinajstić information content (AvgIpc) is 3.04. The van der Waals surface area contributed by atoms with Gasteiger partial charge in [0.15, 0.2) is 0 Å². The Morgan fingerprint density at radius 3 is 2.02 bits per heavy atom. The molecule has 4 aromatic carbocycles. The summed E-state index contributed by atoms with van der Waals surface area (Å²) < 4.78 is 0. The van der Waals surface area contributed by atoms with Gasteiger partial charge in [0.25, 0.3) is 0 Å². The van der Waals surface area contributed by atoms with E-state index in [0.717, 1.165) is 16.7 Å². The fourth-order valence-corrected chi connectivity index (χ4v) is 5.10. The van der Waals surface area contributed by atoms with Gasteiger partial charge in [-0.05, 0) is 24.3 Å². The van der Waals surface area contributed by atoms with E-state index < -0.39 is 5.97 Å². The lowest BCUT2D eigenvalue weighted by Crippen LogP contribution is -2.14. The van der Waals surface area contributed by atoms with Crippen LogP contribution in [0.2, 0.25) is 0 Å².